The van der Waals surface area contributed by atoms with E-state index in [2.05, 4.69) is 16.4 Å². The highest BCUT2D eigenvalue weighted by Crippen LogP contribution is 2.32. The van der Waals surface area contributed by atoms with Gasteiger partial charge in [0.25, 0.3) is 0 Å². The largest absolute Gasteiger partial charge is 0.445 e. The van der Waals surface area contributed by atoms with Crippen LogP contribution in [0.3, 0.4) is 0 Å². The molecule has 2 heterocycles. The summed E-state index contributed by atoms with van der Waals surface area (Å²) in [7, 11) is 0. The molecule has 5 nitrogen and oxygen atoms in total. The van der Waals surface area contributed by atoms with Crippen LogP contribution in [0.4, 0.5) is 10.6 Å². The Morgan fingerprint density at radius 2 is 1.93 bits per heavy atom. The lowest BCUT2D eigenvalue weighted by Gasteiger charge is -2.35. The number of hydrogen-bond donors (Lipinski definition) is 1. The molecule has 27 heavy (non-hydrogen) atoms. The topological polar surface area (TPSA) is 54.5 Å². The van der Waals surface area contributed by atoms with Crippen molar-refractivity contribution in [2.75, 3.05) is 11.9 Å². The second-order valence-electron chi connectivity index (χ2n) is 7.49. The van der Waals surface area contributed by atoms with Crippen molar-refractivity contribution in [3.63, 3.8) is 0 Å². The van der Waals surface area contributed by atoms with E-state index in [-0.39, 0.29) is 12.1 Å². The number of amides is 1. The zero-order valence-corrected chi connectivity index (χ0v) is 15.6. The van der Waals surface area contributed by atoms with Gasteiger partial charge in [-0.3, -0.25) is 0 Å². The van der Waals surface area contributed by atoms with Gasteiger partial charge in [-0.2, -0.15) is 0 Å². The normalized spacial score (nSPS) is 20.0. The van der Waals surface area contributed by atoms with Crippen molar-refractivity contribution in [1.29, 1.82) is 0 Å². The number of hydrogen-bond acceptors (Lipinski definition) is 4. The molecule has 4 rings (SSSR count). The predicted octanol–water partition coefficient (Wildman–Crippen LogP) is 4.91. The fourth-order valence-corrected chi connectivity index (χ4v) is 3.75. The van der Waals surface area contributed by atoms with Crippen LogP contribution in [0.15, 0.2) is 48.7 Å². The Morgan fingerprint density at radius 3 is 2.63 bits per heavy atom. The Bertz CT molecular complexity index is 744. The van der Waals surface area contributed by atoms with Crippen molar-refractivity contribution >= 4 is 11.9 Å². The number of nitrogens with zero attached hydrogens (tertiary/aromatic N) is 2. The SMILES string of the molecule is O=C(OCc1ccccc1)N1CCCC[C@@H]1c1ccc(NC2CCC2)nc1. The van der Waals surface area contributed by atoms with Crippen LogP contribution in [0.5, 0.6) is 0 Å². The van der Waals surface area contributed by atoms with Gasteiger partial charge in [0.1, 0.15) is 12.4 Å². The Hall–Kier alpha value is -2.56. The molecule has 0 bridgehead atoms. The molecule has 1 saturated heterocycles. The quantitative estimate of drug-likeness (QED) is 0.818. The number of anilines is 1. The number of aromatic nitrogens is 1. The number of carbonyl (C=O) groups excluding carboxylic acids is 1. The molecule has 1 aliphatic heterocycles. The monoisotopic (exact) mass is 365 g/mol. The minimum atomic E-state index is -0.236. The standard InChI is InChI=1S/C22H27N3O2/c26-22(27-16-17-7-2-1-3-8-17)25-14-5-4-11-20(25)18-12-13-21(23-15-18)24-19-9-6-10-19/h1-3,7-8,12-13,15,19-20H,4-6,9-11,14,16H2,(H,23,24)/t20-/m1/s1. The highest BCUT2D eigenvalue weighted by molar-refractivity contribution is 5.68. The Labute approximate surface area is 160 Å². The lowest BCUT2D eigenvalue weighted by molar-refractivity contribution is 0.0678. The van der Waals surface area contributed by atoms with Crippen molar-refractivity contribution in [2.45, 2.75) is 57.2 Å². The van der Waals surface area contributed by atoms with E-state index in [0.29, 0.717) is 12.6 Å². The summed E-state index contributed by atoms with van der Waals surface area (Å²) in [5, 5.41) is 3.46. The third kappa shape index (κ3) is 4.41. The molecule has 1 saturated carbocycles. The number of nitrogens with one attached hydrogen (secondary N) is 1. The van der Waals surface area contributed by atoms with Crippen molar-refractivity contribution in [1.82, 2.24) is 9.88 Å². The minimum absolute atomic E-state index is 0.0484. The lowest BCUT2D eigenvalue weighted by Crippen LogP contribution is -2.38. The summed E-state index contributed by atoms with van der Waals surface area (Å²) in [4.78, 5) is 19.1. The molecule has 2 aromatic rings. The fraction of sp³-hybridized carbons (Fsp3) is 0.455. The van der Waals surface area contributed by atoms with Gasteiger partial charge >= 0.3 is 6.09 Å². The minimum Gasteiger partial charge on any atom is -0.445 e. The molecular weight excluding hydrogens is 338 g/mol. The van der Waals surface area contributed by atoms with Crippen molar-refractivity contribution in [3.05, 3.63) is 59.8 Å². The van der Waals surface area contributed by atoms with E-state index in [0.717, 1.165) is 42.8 Å². The molecule has 1 amide bonds. The van der Waals surface area contributed by atoms with Gasteiger partial charge < -0.3 is 15.0 Å². The molecule has 0 unspecified atom stereocenters. The van der Waals surface area contributed by atoms with E-state index in [1.165, 1.54) is 19.3 Å². The number of piperidine rings is 1. The summed E-state index contributed by atoms with van der Waals surface area (Å²) in [6, 6.07) is 14.6. The second-order valence-corrected chi connectivity index (χ2v) is 7.49. The molecule has 1 aromatic heterocycles. The summed E-state index contributed by atoms with van der Waals surface area (Å²) in [5.74, 6) is 0.928. The Morgan fingerprint density at radius 1 is 1.07 bits per heavy atom. The van der Waals surface area contributed by atoms with Gasteiger partial charge in [-0.15, -0.1) is 0 Å². The zero-order chi connectivity index (χ0) is 18.5. The molecule has 0 spiro atoms. The van der Waals surface area contributed by atoms with Crippen LogP contribution >= 0.6 is 0 Å². The Kier molecular flexibility index (Phi) is 5.56. The fourth-order valence-electron chi connectivity index (χ4n) is 3.75. The Balaban J connectivity index is 1.39. The first-order valence-corrected chi connectivity index (χ1v) is 9.99. The first kappa shape index (κ1) is 17.8. The average molecular weight is 365 g/mol. The van der Waals surface area contributed by atoms with E-state index in [1.54, 1.807) is 0 Å². The zero-order valence-electron chi connectivity index (χ0n) is 15.6. The first-order valence-electron chi connectivity index (χ1n) is 9.99. The van der Waals surface area contributed by atoms with Gasteiger partial charge in [0.2, 0.25) is 0 Å². The molecule has 1 atom stereocenters. The van der Waals surface area contributed by atoms with Crippen LogP contribution in [0.25, 0.3) is 0 Å². The summed E-state index contributed by atoms with van der Waals surface area (Å²) in [6.07, 6.45) is 8.53. The number of ether oxygens (including phenoxy) is 1. The van der Waals surface area contributed by atoms with Crippen LogP contribution in [-0.2, 0) is 11.3 Å². The summed E-state index contributed by atoms with van der Waals surface area (Å²) >= 11 is 0. The van der Waals surface area contributed by atoms with Crippen LogP contribution in [-0.4, -0.2) is 28.6 Å². The van der Waals surface area contributed by atoms with Crippen LogP contribution in [0, 0.1) is 0 Å². The van der Waals surface area contributed by atoms with Gasteiger partial charge in [0.15, 0.2) is 0 Å². The third-order valence-electron chi connectivity index (χ3n) is 5.57. The van der Waals surface area contributed by atoms with Crippen molar-refractivity contribution in [3.8, 4) is 0 Å². The van der Waals surface area contributed by atoms with E-state index in [1.807, 2.05) is 47.5 Å². The number of pyridine rings is 1. The maximum absolute atomic E-state index is 12.7. The number of benzene rings is 1. The second kappa shape index (κ2) is 8.42. The first-order chi connectivity index (χ1) is 13.3. The molecular formula is C22H27N3O2. The van der Waals surface area contributed by atoms with Gasteiger partial charge in [-0.25, -0.2) is 9.78 Å². The van der Waals surface area contributed by atoms with E-state index in [9.17, 15) is 4.79 Å². The summed E-state index contributed by atoms with van der Waals surface area (Å²) in [5.41, 5.74) is 2.10. The maximum Gasteiger partial charge on any atom is 0.410 e. The van der Waals surface area contributed by atoms with E-state index in [4.69, 9.17) is 4.74 Å². The molecule has 1 N–H and O–H groups in total. The van der Waals surface area contributed by atoms with Gasteiger partial charge in [0.05, 0.1) is 6.04 Å². The predicted molar refractivity (Wildman–Crippen MR) is 105 cm³/mol. The van der Waals surface area contributed by atoms with Crippen molar-refractivity contribution < 1.29 is 9.53 Å². The number of carbonyl (C=O) groups is 1. The summed E-state index contributed by atoms with van der Waals surface area (Å²) < 4.78 is 5.57. The molecule has 2 fully saturated rings. The lowest BCUT2D eigenvalue weighted by atomic mass is 9.93. The number of likely N-dealkylation sites (tertiary alicyclic amines) is 1. The highest BCUT2D eigenvalue weighted by atomic mass is 16.6. The average Bonchev–Trinajstić information content (AvgIpc) is 2.70. The molecule has 1 aromatic carbocycles. The highest BCUT2D eigenvalue weighted by Gasteiger charge is 2.29. The molecule has 5 heteroatoms. The van der Waals surface area contributed by atoms with E-state index < -0.39 is 0 Å². The van der Waals surface area contributed by atoms with Crippen LogP contribution < -0.4 is 5.32 Å². The van der Waals surface area contributed by atoms with Crippen LogP contribution in [0.2, 0.25) is 0 Å². The smallest absolute Gasteiger partial charge is 0.410 e. The maximum atomic E-state index is 12.7. The molecule has 0 radical (unpaired) electrons. The molecule has 2 aliphatic rings. The number of rotatable bonds is 5. The van der Waals surface area contributed by atoms with E-state index >= 15 is 0 Å². The van der Waals surface area contributed by atoms with Gasteiger partial charge in [-0.05, 0) is 55.7 Å². The third-order valence-corrected chi connectivity index (χ3v) is 5.57. The molecule has 142 valence electrons. The van der Waals surface area contributed by atoms with Crippen LogP contribution in [0.1, 0.15) is 55.7 Å². The van der Waals surface area contributed by atoms with Gasteiger partial charge in [-0.1, -0.05) is 36.4 Å². The molecule has 1 aliphatic carbocycles. The summed E-state index contributed by atoms with van der Waals surface area (Å²) in [6.45, 7) is 1.05. The van der Waals surface area contributed by atoms with Gasteiger partial charge in [0, 0.05) is 18.8 Å². The van der Waals surface area contributed by atoms with Crippen molar-refractivity contribution in [2.24, 2.45) is 0 Å².